The Labute approximate surface area is 222 Å². The molecule has 0 aliphatic heterocycles. The van der Waals surface area contributed by atoms with Crippen LogP contribution in [0.15, 0.2) is 46.3 Å². The Morgan fingerprint density at radius 1 is 0.946 bits per heavy atom. The quantitative estimate of drug-likeness (QED) is 0.388. The number of phosphoric ester groups is 1. The van der Waals surface area contributed by atoms with Crippen LogP contribution in [0.5, 0.6) is 0 Å². The number of fused-ring (bicyclic) bond motifs is 7. The lowest BCUT2D eigenvalue weighted by atomic mass is 9.35. The number of allylic oxidation sites excluding steroid dienone is 7. The van der Waals surface area contributed by atoms with E-state index in [1.54, 1.807) is 6.08 Å². The van der Waals surface area contributed by atoms with Crippen LogP contribution in [0.3, 0.4) is 0 Å². The molecule has 3 fully saturated rings. The van der Waals surface area contributed by atoms with Crippen LogP contribution in [0, 0.1) is 27.6 Å². The molecular weight excluding hydrogens is 485 g/mol. The third kappa shape index (κ3) is 3.69. The molecule has 0 aromatic heterocycles. The molecule has 0 unspecified atom stereocenters. The molecule has 0 heterocycles. The Hall–Kier alpha value is -1.46. The summed E-state index contributed by atoms with van der Waals surface area (Å²) in [7, 11) is -1.35. The number of rotatable bonds is 4. The summed E-state index contributed by atoms with van der Waals surface area (Å²) >= 11 is 0. The van der Waals surface area contributed by atoms with Crippen molar-refractivity contribution in [3.05, 3.63) is 46.3 Å². The zero-order valence-electron chi connectivity index (χ0n) is 23.8. The summed E-state index contributed by atoms with van der Waals surface area (Å²) in [5.41, 5.74) is 11.1. The topological polar surface area (TPSA) is 87.8 Å². The van der Waals surface area contributed by atoms with E-state index in [9.17, 15) is 9.36 Å². The summed E-state index contributed by atoms with van der Waals surface area (Å²) in [4.78, 5) is 13.4. The maximum atomic E-state index is 13.4. The van der Waals surface area contributed by atoms with Crippen molar-refractivity contribution in [2.24, 2.45) is 33.3 Å². The van der Waals surface area contributed by atoms with Gasteiger partial charge < -0.3 is 10.3 Å². The summed E-state index contributed by atoms with van der Waals surface area (Å²) in [6.07, 6.45) is 14.0. The zero-order valence-corrected chi connectivity index (χ0v) is 24.7. The molecule has 5 aliphatic carbocycles. The SMILES string of the molecule is COP(=O)(OC)OC1=C(C)C2=CC=C3[C@@](C)(CC[C@@]4(C)[C@@H]5C[C@](C)(N)CC[C@]5(C)CC[C@]34C)C2=CC1=O. The third-order valence-corrected chi connectivity index (χ3v) is 12.8. The van der Waals surface area contributed by atoms with Crippen LogP contribution in [-0.4, -0.2) is 25.5 Å². The monoisotopic (exact) mass is 529 g/mol. The lowest BCUT2D eigenvalue weighted by Gasteiger charge is -2.70. The van der Waals surface area contributed by atoms with Gasteiger partial charge in [0.25, 0.3) is 0 Å². The van der Waals surface area contributed by atoms with Crippen molar-refractivity contribution in [3.8, 4) is 0 Å². The van der Waals surface area contributed by atoms with Crippen LogP contribution in [0.4, 0.5) is 0 Å². The molecule has 3 saturated carbocycles. The van der Waals surface area contributed by atoms with Crippen LogP contribution in [0.2, 0.25) is 0 Å². The summed E-state index contributed by atoms with van der Waals surface area (Å²) < 4.78 is 28.1. The number of nitrogens with two attached hydrogens (primary N) is 1. The minimum absolute atomic E-state index is 0.0136. The summed E-state index contributed by atoms with van der Waals surface area (Å²) in [6, 6.07) is 0. The van der Waals surface area contributed by atoms with Gasteiger partial charge >= 0.3 is 7.82 Å². The van der Waals surface area contributed by atoms with Crippen molar-refractivity contribution in [3.63, 3.8) is 0 Å². The van der Waals surface area contributed by atoms with E-state index in [0.29, 0.717) is 16.9 Å². The van der Waals surface area contributed by atoms with Gasteiger partial charge in [0.15, 0.2) is 5.76 Å². The molecule has 5 rings (SSSR count). The van der Waals surface area contributed by atoms with E-state index >= 15 is 0 Å². The Morgan fingerprint density at radius 2 is 1.59 bits per heavy atom. The normalized spacial score (nSPS) is 43.5. The van der Waals surface area contributed by atoms with E-state index in [0.717, 1.165) is 43.3 Å². The Morgan fingerprint density at radius 3 is 2.24 bits per heavy atom. The van der Waals surface area contributed by atoms with E-state index in [2.05, 4.69) is 46.8 Å². The lowest BCUT2D eigenvalue weighted by Crippen LogP contribution is -2.63. The first kappa shape index (κ1) is 27.1. The maximum Gasteiger partial charge on any atom is 0.529 e. The number of phosphoric acid groups is 1. The summed E-state index contributed by atoms with van der Waals surface area (Å²) in [5.74, 6) is 0.314. The molecule has 37 heavy (non-hydrogen) atoms. The van der Waals surface area contributed by atoms with Crippen LogP contribution >= 0.6 is 7.82 Å². The minimum atomic E-state index is -3.85. The van der Waals surface area contributed by atoms with Gasteiger partial charge in [-0.3, -0.25) is 13.8 Å². The van der Waals surface area contributed by atoms with Crippen molar-refractivity contribution >= 4 is 13.6 Å². The van der Waals surface area contributed by atoms with E-state index in [4.69, 9.17) is 19.3 Å². The van der Waals surface area contributed by atoms with Crippen molar-refractivity contribution in [1.82, 2.24) is 0 Å². The predicted octanol–water partition coefficient (Wildman–Crippen LogP) is 7.18. The highest BCUT2D eigenvalue weighted by atomic mass is 31.2. The van der Waals surface area contributed by atoms with E-state index in [-0.39, 0.29) is 33.3 Å². The van der Waals surface area contributed by atoms with Gasteiger partial charge in [-0.15, -0.1) is 0 Å². The predicted molar refractivity (Wildman–Crippen MR) is 145 cm³/mol. The molecule has 6 nitrogen and oxygen atoms in total. The van der Waals surface area contributed by atoms with E-state index in [1.807, 2.05) is 6.92 Å². The third-order valence-electron chi connectivity index (χ3n) is 11.5. The second-order valence-electron chi connectivity index (χ2n) is 13.6. The van der Waals surface area contributed by atoms with Gasteiger partial charge in [0.2, 0.25) is 5.78 Å². The fourth-order valence-corrected chi connectivity index (χ4v) is 9.60. The van der Waals surface area contributed by atoms with Gasteiger partial charge in [-0.2, -0.15) is 0 Å². The zero-order chi connectivity index (χ0) is 27.2. The molecule has 6 atom stereocenters. The van der Waals surface area contributed by atoms with Gasteiger partial charge in [0.05, 0.1) is 0 Å². The van der Waals surface area contributed by atoms with Crippen molar-refractivity contribution in [2.75, 3.05) is 14.2 Å². The number of hydrogen-bond acceptors (Lipinski definition) is 6. The van der Waals surface area contributed by atoms with Gasteiger partial charge in [-0.1, -0.05) is 45.4 Å². The highest BCUT2D eigenvalue weighted by molar-refractivity contribution is 7.48. The summed E-state index contributed by atoms with van der Waals surface area (Å²) in [6.45, 7) is 13.9. The lowest BCUT2D eigenvalue weighted by molar-refractivity contribution is -0.150. The Bertz CT molecular complexity index is 1220. The van der Waals surface area contributed by atoms with Crippen molar-refractivity contribution in [1.29, 1.82) is 0 Å². The van der Waals surface area contributed by atoms with Gasteiger partial charge in [-0.05, 0) is 98.2 Å². The van der Waals surface area contributed by atoms with E-state index < -0.39 is 7.82 Å². The van der Waals surface area contributed by atoms with Crippen molar-refractivity contribution in [2.45, 2.75) is 92.0 Å². The number of carbonyl (C=O) groups is 1. The molecule has 7 heteroatoms. The molecule has 0 aromatic carbocycles. The number of ketones is 1. The smallest absolute Gasteiger partial charge is 0.400 e. The van der Waals surface area contributed by atoms with Crippen LogP contribution < -0.4 is 5.73 Å². The largest absolute Gasteiger partial charge is 0.529 e. The minimum Gasteiger partial charge on any atom is -0.400 e. The van der Waals surface area contributed by atoms with Crippen LogP contribution in [0.1, 0.15) is 86.5 Å². The second kappa shape index (κ2) is 8.27. The summed E-state index contributed by atoms with van der Waals surface area (Å²) in [5, 5.41) is 0. The van der Waals surface area contributed by atoms with Crippen molar-refractivity contribution < 1.29 is 22.9 Å². The first-order valence-electron chi connectivity index (χ1n) is 13.7. The Balaban J connectivity index is 1.60. The maximum absolute atomic E-state index is 13.4. The second-order valence-corrected chi connectivity index (χ2v) is 15.4. The molecule has 0 amide bonds. The highest BCUT2D eigenvalue weighted by Gasteiger charge is 2.66. The van der Waals surface area contributed by atoms with Crippen LogP contribution in [-0.2, 0) is 22.9 Å². The van der Waals surface area contributed by atoms with E-state index in [1.165, 1.54) is 32.6 Å². The first-order chi connectivity index (χ1) is 17.1. The van der Waals surface area contributed by atoms with Gasteiger partial charge in [0, 0.05) is 30.7 Å². The molecule has 0 radical (unpaired) electrons. The fourth-order valence-electron chi connectivity index (χ4n) is 8.85. The molecule has 0 spiro atoms. The molecular formula is C30H44NO5P. The van der Waals surface area contributed by atoms with Crippen LogP contribution in [0.25, 0.3) is 0 Å². The fraction of sp³-hybridized carbons (Fsp3) is 0.700. The highest BCUT2D eigenvalue weighted by Crippen LogP contribution is 2.75. The average Bonchev–Trinajstić information content (AvgIpc) is 2.85. The molecule has 204 valence electrons. The first-order valence-corrected chi connectivity index (χ1v) is 15.2. The number of hydrogen-bond donors (Lipinski definition) is 1. The number of carbonyl (C=O) groups excluding carboxylic acids is 1. The standard InChI is InChI=1S/C30H44NO5P/c1-19-20-9-10-23-28(4,21(20)17-22(32)25(19)36-37(33,34-7)35-8)14-16-30(6)24-18-27(3,31)13-11-26(24,2)12-15-29(23,30)5/h9-10,17,24H,11-16,18,31H2,1-8H3/t24-,26-,27-,28+,29-,30+/m1/s1. The molecule has 5 aliphatic rings. The molecule has 0 bridgehead atoms. The average molecular weight is 530 g/mol. The molecule has 0 aromatic rings. The molecule has 2 N–H and O–H groups in total. The van der Waals surface area contributed by atoms with Gasteiger partial charge in [-0.25, -0.2) is 4.57 Å². The molecule has 0 saturated heterocycles. The Kier molecular flexibility index (Phi) is 6.06. The van der Waals surface area contributed by atoms with Gasteiger partial charge in [0.1, 0.15) is 0 Å².